The van der Waals surface area contributed by atoms with Crippen LogP contribution in [0.3, 0.4) is 0 Å². The van der Waals surface area contributed by atoms with Crippen LogP contribution in [0.1, 0.15) is 44.2 Å². The van der Waals surface area contributed by atoms with E-state index >= 15 is 0 Å². The molecule has 0 atom stereocenters. The van der Waals surface area contributed by atoms with E-state index in [-0.39, 0.29) is 16.2 Å². The van der Waals surface area contributed by atoms with Crippen LogP contribution in [0.15, 0.2) is 84.1 Å². The Kier molecular flexibility index (Phi) is 10.0. The Balaban J connectivity index is 1.32. The summed E-state index contributed by atoms with van der Waals surface area (Å²) in [6, 6.07) is 20.6. The second-order valence-electron chi connectivity index (χ2n) is 11.5. The van der Waals surface area contributed by atoms with E-state index in [1.165, 1.54) is 56.1 Å². The number of ether oxygens (including phenoxy) is 1. The number of hydrogen-bond donors (Lipinski definition) is 2. The Morgan fingerprint density at radius 1 is 1.05 bits per heavy atom. The minimum atomic E-state index is -3.97. The molecule has 5 rings (SSSR count). The van der Waals surface area contributed by atoms with Crippen molar-refractivity contribution in [2.75, 3.05) is 19.6 Å². The molecule has 3 N–H and O–H groups in total. The maximum absolute atomic E-state index is 11.8. The minimum absolute atomic E-state index is 0.0440. The molecule has 0 aliphatic carbocycles. The molecule has 9 nitrogen and oxygen atoms in total. The second kappa shape index (κ2) is 14.1. The van der Waals surface area contributed by atoms with Crippen molar-refractivity contribution < 1.29 is 13.2 Å². The van der Waals surface area contributed by atoms with Crippen molar-refractivity contribution in [3.8, 4) is 40.0 Å². The van der Waals surface area contributed by atoms with Crippen LogP contribution in [0.2, 0.25) is 0 Å². The summed E-state index contributed by atoms with van der Waals surface area (Å²) in [5.74, 6) is 1.40. The quantitative estimate of drug-likeness (QED) is 0.206. The second-order valence-corrected chi connectivity index (χ2v) is 13.0. The number of likely N-dealkylation sites (tertiary alicyclic amines) is 1. The molecule has 1 aliphatic rings. The normalized spacial score (nSPS) is 14.4. The predicted octanol–water partition coefficient (Wildman–Crippen LogP) is 5.72. The highest BCUT2D eigenvalue weighted by atomic mass is 32.2. The molecule has 1 fully saturated rings. The number of nitriles is 1. The van der Waals surface area contributed by atoms with E-state index in [1.807, 2.05) is 36.4 Å². The summed E-state index contributed by atoms with van der Waals surface area (Å²) in [5, 5.41) is 18.5. The fraction of sp³-hybridized carbons (Fsp3) is 0.324. The van der Waals surface area contributed by atoms with Crippen molar-refractivity contribution in [2.45, 2.75) is 50.6 Å². The van der Waals surface area contributed by atoms with Crippen molar-refractivity contribution in [2.24, 2.45) is 11.1 Å². The van der Waals surface area contributed by atoms with Gasteiger partial charge in [-0.3, -0.25) is 9.97 Å². The first-order chi connectivity index (χ1) is 21.2. The first-order valence-corrected chi connectivity index (χ1v) is 16.4. The van der Waals surface area contributed by atoms with Gasteiger partial charge < -0.3 is 15.0 Å². The van der Waals surface area contributed by atoms with Gasteiger partial charge in [-0.1, -0.05) is 18.2 Å². The number of piperidine rings is 1. The number of aromatic nitrogens is 2. The molecule has 3 heterocycles. The number of nitrogens with one attached hydrogen (secondary N) is 1. The van der Waals surface area contributed by atoms with Gasteiger partial charge in [0.1, 0.15) is 11.8 Å². The van der Waals surface area contributed by atoms with Crippen LogP contribution >= 0.6 is 0 Å². The standard InChI is InChI=1S/C34H38N6O3S/c1-24(2)40-16-11-25(12-17-40)8-13-38-22-26-4-3-5-28(18-26)32-20-31(27-9-14-37-15-10-27)34(23-39-32)43-33-7-6-30(44(36,41)42)19-29(33)21-35/h3-7,9-10,14-15,18-20,23-25,38H,8,11-13,16-17,22H2,1-2H3,(H2,36,41,42). The van der Waals surface area contributed by atoms with Gasteiger partial charge in [0.25, 0.3) is 0 Å². The summed E-state index contributed by atoms with van der Waals surface area (Å²) in [6.07, 6.45) is 8.76. The monoisotopic (exact) mass is 610 g/mol. The fourth-order valence-electron chi connectivity index (χ4n) is 5.56. The summed E-state index contributed by atoms with van der Waals surface area (Å²) < 4.78 is 29.7. The van der Waals surface area contributed by atoms with Gasteiger partial charge in [-0.15, -0.1) is 0 Å². The molecule has 10 heteroatoms. The molecule has 228 valence electrons. The lowest BCUT2D eigenvalue weighted by atomic mass is 9.93. The molecule has 44 heavy (non-hydrogen) atoms. The topological polar surface area (TPSA) is 134 Å². The van der Waals surface area contributed by atoms with E-state index in [1.54, 1.807) is 18.6 Å². The van der Waals surface area contributed by atoms with Gasteiger partial charge in [0.2, 0.25) is 10.0 Å². The third-order valence-electron chi connectivity index (χ3n) is 8.14. The maximum atomic E-state index is 11.8. The van der Waals surface area contributed by atoms with Crippen molar-refractivity contribution >= 4 is 10.0 Å². The summed E-state index contributed by atoms with van der Waals surface area (Å²) in [7, 11) is -3.97. The Morgan fingerprint density at radius 2 is 1.82 bits per heavy atom. The van der Waals surface area contributed by atoms with Crippen LogP contribution in [0.4, 0.5) is 0 Å². The predicted molar refractivity (Wildman–Crippen MR) is 171 cm³/mol. The summed E-state index contributed by atoms with van der Waals surface area (Å²) in [4.78, 5) is 11.2. The highest BCUT2D eigenvalue weighted by molar-refractivity contribution is 7.89. The van der Waals surface area contributed by atoms with E-state index in [2.05, 4.69) is 41.2 Å². The van der Waals surface area contributed by atoms with Crippen molar-refractivity contribution in [1.82, 2.24) is 20.2 Å². The average molecular weight is 611 g/mol. The van der Waals surface area contributed by atoms with Crippen molar-refractivity contribution in [1.29, 1.82) is 5.26 Å². The molecule has 0 bridgehead atoms. The van der Waals surface area contributed by atoms with Crippen LogP contribution in [0.25, 0.3) is 22.4 Å². The Hall–Kier alpha value is -4.14. The van der Waals surface area contributed by atoms with E-state index in [0.717, 1.165) is 41.4 Å². The molecule has 0 saturated carbocycles. The number of nitrogens with zero attached hydrogens (tertiary/aromatic N) is 4. The average Bonchev–Trinajstić information content (AvgIpc) is 3.03. The van der Waals surface area contributed by atoms with E-state index in [0.29, 0.717) is 11.8 Å². The van der Waals surface area contributed by atoms with E-state index in [4.69, 9.17) is 14.9 Å². The molecule has 2 aromatic carbocycles. The van der Waals surface area contributed by atoms with E-state index < -0.39 is 10.0 Å². The largest absolute Gasteiger partial charge is 0.454 e. The molecule has 1 saturated heterocycles. The first-order valence-electron chi connectivity index (χ1n) is 14.9. The lowest BCUT2D eigenvalue weighted by molar-refractivity contribution is 0.145. The van der Waals surface area contributed by atoms with E-state index in [9.17, 15) is 13.7 Å². The highest BCUT2D eigenvalue weighted by Gasteiger charge is 2.20. The van der Waals surface area contributed by atoms with Crippen LogP contribution < -0.4 is 15.2 Å². The third-order valence-corrected chi connectivity index (χ3v) is 9.05. The van der Waals surface area contributed by atoms with Gasteiger partial charge in [-0.25, -0.2) is 13.6 Å². The zero-order valence-corrected chi connectivity index (χ0v) is 25.9. The molecular weight excluding hydrogens is 572 g/mol. The van der Waals surface area contributed by atoms with Gasteiger partial charge in [-0.05, 0) is 112 Å². The van der Waals surface area contributed by atoms with Gasteiger partial charge in [0.05, 0.1) is 22.3 Å². The van der Waals surface area contributed by atoms with Gasteiger partial charge in [0, 0.05) is 36.1 Å². The summed E-state index contributed by atoms with van der Waals surface area (Å²) in [5.41, 5.74) is 4.58. The molecule has 2 aromatic heterocycles. The number of primary sulfonamides is 1. The SMILES string of the molecule is CC(C)N1CCC(CCNCc2cccc(-c3cc(-c4ccncc4)c(Oc4ccc(S(N)(=O)=O)cc4C#N)cn3)c2)CC1. The van der Waals surface area contributed by atoms with Gasteiger partial charge >= 0.3 is 0 Å². The lowest BCUT2D eigenvalue weighted by Crippen LogP contribution is -2.38. The summed E-state index contributed by atoms with van der Waals surface area (Å²) >= 11 is 0. The molecule has 0 spiro atoms. The van der Waals surface area contributed by atoms with Crippen molar-refractivity contribution in [3.63, 3.8) is 0 Å². The van der Waals surface area contributed by atoms with Gasteiger partial charge in [-0.2, -0.15) is 5.26 Å². The number of nitrogens with two attached hydrogens (primary N) is 1. The third kappa shape index (κ3) is 7.87. The van der Waals surface area contributed by atoms with Crippen LogP contribution in [-0.4, -0.2) is 49.0 Å². The zero-order valence-electron chi connectivity index (χ0n) is 25.1. The molecular formula is C34H38N6O3S. The number of pyridine rings is 2. The Morgan fingerprint density at radius 3 is 2.52 bits per heavy atom. The molecule has 0 amide bonds. The fourth-order valence-corrected chi connectivity index (χ4v) is 6.10. The number of sulfonamides is 1. The highest BCUT2D eigenvalue weighted by Crippen LogP contribution is 2.37. The van der Waals surface area contributed by atoms with Gasteiger partial charge in [0.15, 0.2) is 5.75 Å². The van der Waals surface area contributed by atoms with Crippen molar-refractivity contribution in [3.05, 3.63) is 90.4 Å². The zero-order chi connectivity index (χ0) is 31.1. The molecule has 0 unspecified atom stereocenters. The molecule has 1 aliphatic heterocycles. The molecule has 0 radical (unpaired) electrons. The minimum Gasteiger partial charge on any atom is -0.454 e. The molecule has 4 aromatic rings. The Bertz CT molecular complexity index is 1730. The van der Waals surface area contributed by atoms with Crippen LogP contribution in [-0.2, 0) is 16.6 Å². The number of benzene rings is 2. The number of rotatable bonds is 11. The Labute approximate surface area is 259 Å². The van der Waals surface area contributed by atoms with Crippen LogP contribution in [0, 0.1) is 17.2 Å². The number of hydrogen-bond acceptors (Lipinski definition) is 8. The lowest BCUT2D eigenvalue weighted by Gasteiger charge is -2.34. The summed E-state index contributed by atoms with van der Waals surface area (Å²) in [6.45, 7) is 8.73. The maximum Gasteiger partial charge on any atom is 0.238 e. The first kappa shape index (κ1) is 31.3. The van der Waals surface area contributed by atoms with Crippen LogP contribution in [0.5, 0.6) is 11.5 Å². The smallest absolute Gasteiger partial charge is 0.238 e.